The predicted molar refractivity (Wildman–Crippen MR) is 147 cm³/mol. The van der Waals surface area contributed by atoms with Gasteiger partial charge in [-0.15, -0.1) is 0 Å². The first-order chi connectivity index (χ1) is 16.7. The van der Waals surface area contributed by atoms with Gasteiger partial charge in [0.05, 0.1) is 22.0 Å². The fraction of sp³-hybridized carbons (Fsp3) is 0.462. The average Bonchev–Trinajstić information content (AvgIpc) is 2.80. The van der Waals surface area contributed by atoms with Crippen LogP contribution in [0.5, 0.6) is 0 Å². The van der Waals surface area contributed by atoms with E-state index in [4.69, 9.17) is 23.2 Å². The molecule has 1 atom stereocenters. The van der Waals surface area contributed by atoms with Crippen molar-refractivity contribution in [2.24, 2.45) is 5.92 Å². The molecule has 0 radical (unpaired) electrons. The van der Waals surface area contributed by atoms with Gasteiger partial charge >= 0.3 is 0 Å². The Hall–Kier alpha value is -2.29. The highest BCUT2D eigenvalue weighted by Gasteiger charge is 2.30. The smallest absolute Gasteiger partial charge is 0.244 e. The second-order valence-corrected chi connectivity index (χ2v) is 12.3. The van der Waals surface area contributed by atoms with Crippen molar-refractivity contribution in [2.45, 2.75) is 53.1 Å². The highest BCUT2D eigenvalue weighted by molar-refractivity contribution is 7.92. The van der Waals surface area contributed by atoms with E-state index in [1.165, 1.54) is 4.90 Å². The molecule has 0 bridgehead atoms. The maximum Gasteiger partial charge on any atom is 0.244 e. The zero-order valence-corrected chi connectivity index (χ0v) is 23.9. The van der Waals surface area contributed by atoms with Crippen molar-refractivity contribution in [1.29, 1.82) is 0 Å². The van der Waals surface area contributed by atoms with Crippen LogP contribution in [0.25, 0.3) is 0 Å². The van der Waals surface area contributed by atoms with Gasteiger partial charge < -0.3 is 10.2 Å². The molecule has 0 aliphatic heterocycles. The van der Waals surface area contributed by atoms with Gasteiger partial charge in [0.15, 0.2) is 0 Å². The minimum atomic E-state index is -3.79. The van der Waals surface area contributed by atoms with Crippen molar-refractivity contribution in [3.63, 3.8) is 0 Å². The molecular formula is C26H35Cl2N3O4S. The van der Waals surface area contributed by atoms with Crippen LogP contribution in [0.3, 0.4) is 0 Å². The first-order valence-corrected chi connectivity index (χ1v) is 14.4. The molecule has 0 heterocycles. The number of amides is 2. The Morgan fingerprint density at radius 2 is 1.56 bits per heavy atom. The number of nitrogens with zero attached hydrogens (tertiary/aromatic N) is 2. The summed E-state index contributed by atoms with van der Waals surface area (Å²) < 4.78 is 26.4. The maximum absolute atomic E-state index is 13.6. The van der Waals surface area contributed by atoms with Crippen molar-refractivity contribution in [3.05, 3.63) is 63.6 Å². The van der Waals surface area contributed by atoms with E-state index < -0.39 is 28.5 Å². The van der Waals surface area contributed by atoms with E-state index in [-0.39, 0.29) is 24.3 Å². The molecule has 2 rings (SSSR count). The van der Waals surface area contributed by atoms with Crippen LogP contribution in [0.15, 0.2) is 42.5 Å². The third-order valence-corrected chi connectivity index (χ3v) is 7.60. The second kappa shape index (κ2) is 12.8. The van der Waals surface area contributed by atoms with Crippen LogP contribution >= 0.6 is 23.2 Å². The number of benzene rings is 2. The van der Waals surface area contributed by atoms with Crippen LogP contribution < -0.4 is 9.62 Å². The normalized spacial score (nSPS) is 12.5. The van der Waals surface area contributed by atoms with Gasteiger partial charge in [-0.2, -0.15) is 0 Å². The Balaban J connectivity index is 2.39. The Morgan fingerprint density at radius 3 is 2.06 bits per heavy atom. The van der Waals surface area contributed by atoms with Gasteiger partial charge in [-0.3, -0.25) is 13.9 Å². The van der Waals surface area contributed by atoms with E-state index in [0.29, 0.717) is 27.8 Å². The van der Waals surface area contributed by atoms with E-state index in [2.05, 4.69) is 5.32 Å². The zero-order chi connectivity index (χ0) is 27.2. The van der Waals surface area contributed by atoms with E-state index in [0.717, 1.165) is 16.1 Å². The fourth-order valence-electron chi connectivity index (χ4n) is 3.51. The summed E-state index contributed by atoms with van der Waals surface area (Å²) in [7, 11) is -3.79. The summed E-state index contributed by atoms with van der Waals surface area (Å²) in [6, 6.07) is 11.2. The molecule has 10 heteroatoms. The summed E-state index contributed by atoms with van der Waals surface area (Å²) in [5.74, 6) is -0.342. The molecule has 2 amide bonds. The Morgan fingerprint density at radius 1 is 0.944 bits per heavy atom. The number of anilines is 1. The Labute approximate surface area is 224 Å². The minimum Gasteiger partial charge on any atom is -0.354 e. The molecule has 36 heavy (non-hydrogen) atoms. The van der Waals surface area contributed by atoms with Gasteiger partial charge in [0.2, 0.25) is 21.8 Å². The van der Waals surface area contributed by atoms with Crippen LogP contribution in [0.2, 0.25) is 10.0 Å². The monoisotopic (exact) mass is 555 g/mol. The van der Waals surface area contributed by atoms with Crippen LogP contribution in [0.1, 0.15) is 51.7 Å². The standard InChI is InChI=1S/C26H35Cl2N3O4S/c1-17(2)14-29-26(33)19(5)30(15-20-7-12-23(27)24(28)13-20)25(32)16-31(36(6,34)35)22-10-8-21(9-11-22)18(3)4/h7-13,17-19H,14-16H2,1-6H3,(H,29,33)/t19-/m1/s1. The molecule has 2 aromatic carbocycles. The molecule has 0 aliphatic carbocycles. The van der Waals surface area contributed by atoms with Gasteiger partial charge in [-0.1, -0.05) is 69.1 Å². The molecule has 0 fully saturated rings. The van der Waals surface area contributed by atoms with Crippen molar-refractivity contribution in [1.82, 2.24) is 10.2 Å². The van der Waals surface area contributed by atoms with Crippen LogP contribution in [-0.4, -0.2) is 50.5 Å². The quantitative estimate of drug-likeness (QED) is 0.419. The van der Waals surface area contributed by atoms with E-state index in [1.54, 1.807) is 37.3 Å². The van der Waals surface area contributed by atoms with Crippen molar-refractivity contribution < 1.29 is 18.0 Å². The van der Waals surface area contributed by atoms with Gasteiger partial charge in [-0.05, 0) is 54.2 Å². The highest BCUT2D eigenvalue weighted by atomic mass is 35.5. The molecule has 198 valence electrons. The lowest BCUT2D eigenvalue weighted by molar-refractivity contribution is -0.139. The molecule has 1 N–H and O–H groups in total. The average molecular weight is 557 g/mol. The highest BCUT2D eigenvalue weighted by Crippen LogP contribution is 2.25. The summed E-state index contributed by atoms with van der Waals surface area (Å²) in [5.41, 5.74) is 2.09. The minimum absolute atomic E-state index is 0.0515. The van der Waals surface area contributed by atoms with Crippen LogP contribution in [0, 0.1) is 5.92 Å². The number of halogens is 2. The first kappa shape index (κ1) is 29.9. The number of carbonyl (C=O) groups is 2. The SMILES string of the molecule is CC(C)CNC(=O)[C@@H](C)N(Cc1ccc(Cl)c(Cl)c1)C(=O)CN(c1ccc(C(C)C)cc1)S(C)(=O)=O. The lowest BCUT2D eigenvalue weighted by Crippen LogP contribution is -2.51. The molecule has 2 aromatic rings. The number of carbonyl (C=O) groups excluding carboxylic acids is 2. The zero-order valence-electron chi connectivity index (χ0n) is 21.6. The first-order valence-electron chi connectivity index (χ1n) is 11.8. The molecule has 0 spiro atoms. The summed E-state index contributed by atoms with van der Waals surface area (Å²) in [6.07, 6.45) is 1.05. The molecule has 0 unspecified atom stereocenters. The van der Waals surface area contributed by atoms with Gasteiger partial charge in [0, 0.05) is 13.1 Å². The summed E-state index contributed by atoms with van der Waals surface area (Å²) >= 11 is 12.2. The van der Waals surface area contributed by atoms with E-state index in [9.17, 15) is 18.0 Å². The Kier molecular flexibility index (Phi) is 10.6. The molecular weight excluding hydrogens is 521 g/mol. The largest absolute Gasteiger partial charge is 0.354 e. The van der Waals surface area contributed by atoms with Crippen molar-refractivity contribution in [3.8, 4) is 0 Å². The number of nitrogens with one attached hydrogen (secondary N) is 1. The third kappa shape index (κ3) is 8.39. The molecule has 0 saturated heterocycles. The fourth-order valence-corrected chi connectivity index (χ4v) is 4.68. The topological polar surface area (TPSA) is 86.8 Å². The molecule has 0 aromatic heterocycles. The third-order valence-electron chi connectivity index (χ3n) is 5.72. The number of hydrogen-bond acceptors (Lipinski definition) is 4. The number of sulfonamides is 1. The van der Waals surface area contributed by atoms with E-state index in [1.807, 2.05) is 39.8 Å². The lowest BCUT2D eigenvalue weighted by Gasteiger charge is -2.31. The number of hydrogen-bond donors (Lipinski definition) is 1. The van der Waals surface area contributed by atoms with Crippen LogP contribution in [-0.2, 0) is 26.2 Å². The van der Waals surface area contributed by atoms with Crippen LogP contribution in [0.4, 0.5) is 5.69 Å². The van der Waals surface area contributed by atoms with Crippen molar-refractivity contribution in [2.75, 3.05) is 23.7 Å². The van der Waals surface area contributed by atoms with Gasteiger partial charge in [0.1, 0.15) is 12.6 Å². The van der Waals surface area contributed by atoms with E-state index >= 15 is 0 Å². The summed E-state index contributed by atoms with van der Waals surface area (Å²) in [5, 5.41) is 3.53. The molecule has 7 nitrogen and oxygen atoms in total. The van der Waals surface area contributed by atoms with Gasteiger partial charge in [-0.25, -0.2) is 8.42 Å². The molecule has 0 saturated carbocycles. The lowest BCUT2D eigenvalue weighted by atomic mass is 10.0. The maximum atomic E-state index is 13.6. The Bertz CT molecular complexity index is 1170. The predicted octanol–water partition coefficient (Wildman–Crippen LogP) is 5.07. The summed E-state index contributed by atoms with van der Waals surface area (Å²) in [6.45, 7) is 9.69. The number of rotatable bonds is 11. The second-order valence-electron chi connectivity index (χ2n) is 9.60. The molecule has 0 aliphatic rings. The van der Waals surface area contributed by atoms with Crippen molar-refractivity contribution >= 4 is 50.7 Å². The summed E-state index contributed by atoms with van der Waals surface area (Å²) in [4.78, 5) is 27.8. The van der Waals surface area contributed by atoms with Gasteiger partial charge in [0.25, 0.3) is 0 Å².